The number of hydrogen-bond donors (Lipinski definition) is 6. The van der Waals surface area contributed by atoms with Crippen LogP contribution in [0.25, 0.3) is 11.3 Å². The zero-order valence-corrected chi connectivity index (χ0v) is 43.2. The van der Waals surface area contributed by atoms with Crippen LogP contribution in [0.1, 0.15) is 62.9 Å². The van der Waals surface area contributed by atoms with E-state index in [4.69, 9.17) is 4.74 Å². The number of aliphatic hydroxyl groups is 1. The number of carboxylic acid groups (broad SMARTS) is 1. The van der Waals surface area contributed by atoms with E-state index in [1.807, 2.05) is 16.8 Å². The Morgan fingerprint density at radius 3 is 1.95 bits per heavy atom. The van der Waals surface area contributed by atoms with Gasteiger partial charge >= 0.3 is 31.1 Å². The lowest BCUT2D eigenvalue weighted by Gasteiger charge is -2.38. The number of piperazine rings is 1. The first-order chi connectivity index (χ1) is 37.0. The van der Waals surface area contributed by atoms with Crippen LogP contribution in [0.3, 0.4) is 0 Å². The van der Waals surface area contributed by atoms with Gasteiger partial charge in [-0.25, -0.2) is 33.0 Å². The molecule has 4 heterocycles. The lowest BCUT2D eigenvalue weighted by atomic mass is 9.82. The molecule has 18 nitrogen and oxygen atoms in total. The predicted octanol–water partition coefficient (Wildman–Crippen LogP) is 6.39. The van der Waals surface area contributed by atoms with Gasteiger partial charge in [0, 0.05) is 86.6 Å². The van der Waals surface area contributed by atoms with Crippen molar-refractivity contribution in [2.24, 2.45) is 10.8 Å². The number of carbonyl (C=O) groups is 4. The number of halogens is 10. The Bertz CT molecular complexity index is 2800. The second kappa shape index (κ2) is 25.3. The van der Waals surface area contributed by atoms with E-state index in [-0.39, 0.29) is 21.5 Å². The molecule has 0 spiro atoms. The van der Waals surface area contributed by atoms with E-state index in [1.165, 1.54) is 29.6 Å². The van der Waals surface area contributed by atoms with Crippen LogP contribution < -0.4 is 26.3 Å². The third kappa shape index (κ3) is 15.3. The number of rotatable bonds is 19. The first-order valence-electron chi connectivity index (χ1n) is 24.5. The van der Waals surface area contributed by atoms with Crippen molar-refractivity contribution in [3.63, 3.8) is 0 Å². The number of aliphatic hydroxyl groups excluding tert-OH is 1. The van der Waals surface area contributed by atoms with Crippen molar-refractivity contribution < 1.29 is 82.8 Å². The number of alkyl halides is 8. The number of aromatic nitrogens is 3. The Hall–Kier alpha value is -7.22. The Labute approximate surface area is 446 Å². The van der Waals surface area contributed by atoms with Gasteiger partial charge in [-0.1, -0.05) is 24.0 Å². The fourth-order valence-corrected chi connectivity index (χ4v) is 8.64. The summed E-state index contributed by atoms with van der Waals surface area (Å²) in [6.07, 6.45) is -13.3. The van der Waals surface area contributed by atoms with E-state index in [0.717, 1.165) is 71.0 Å². The van der Waals surface area contributed by atoms with Gasteiger partial charge in [-0.05, 0) is 88.6 Å². The lowest BCUT2D eigenvalue weighted by molar-refractivity contribution is -0.221. The van der Waals surface area contributed by atoms with Crippen LogP contribution in [-0.2, 0) is 32.0 Å². The number of hydrogen-bond acceptors (Lipinski definition) is 12. The average molecular weight is 1130 g/mol. The lowest BCUT2D eigenvalue weighted by Crippen LogP contribution is -2.63. The zero-order chi connectivity index (χ0) is 58.2. The highest BCUT2D eigenvalue weighted by molar-refractivity contribution is 5.87. The van der Waals surface area contributed by atoms with E-state index >= 15 is 8.78 Å². The molecule has 28 heteroatoms. The molecule has 0 radical (unpaired) electrons. The van der Waals surface area contributed by atoms with Gasteiger partial charge in [0.25, 0.3) is 5.91 Å². The predicted molar refractivity (Wildman–Crippen MR) is 263 cm³/mol. The number of ether oxygens (including phenoxy) is 2. The number of anilines is 1. The molecule has 2 aliphatic heterocycles. The number of benzene rings is 2. The minimum Gasteiger partial charge on any atom is -0.465 e. The van der Waals surface area contributed by atoms with Gasteiger partial charge in [0.15, 0.2) is 0 Å². The third-order valence-electron chi connectivity index (χ3n) is 13.8. The summed E-state index contributed by atoms with van der Waals surface area (Å²) in [7, 11) is 0.810. The van der Waals surface area contributed by atoms with Crippen molar-refractivity contribution in [3.8, 4) is 23.1 Å². The molecule has 6 N–H and O–H groups in total. The monoisotopic (exact) mass is 1130 g/mol. The summed E-state index contributed by atoms with van der Waals surface area (Å²) in [5.74, 6) is 0.530. The molecule has 2 aliphatic rings. The number of alkyl carbamates (subject to hydrolysis) is 1. The molecule has 4 amide bonds. The molecule has 0 bridgehead atoms. The second-order valence-corrected chi connectivity index (χ2v) is 19.9. The summed E-state index contributed by atoms with van der Waals surface area (Å²) >= 11 is 0. The summed E-state index contributed by atoms with van der Waals surface area (Å²) in [5.41, 5.74) is -4.70. The van der Waals surface area contributed by atoms with Crippen LogP contribution in [-0.4, -0.2) is 155 Å². The van der Waals surface area contributed by atoms with Gasteiger partial charge < -0.3 is 40.5 Å². The summed E-state index contributed by atoms with van der Waals surface area (Å²) in [5, 5.41) is 31.1. The van der Waals surface area contributed by atoms with Crippen LogP contribution in [0.15, 0.2) is 67.0 Å². The molecule has 2 aromatic heterocycles. The molecule has 79 heavy (non-hydrogen) atoms. The Morgan fingerprint density at radius 2 is 1.43 bits per heavy atom. The number of nitrogens with zero attached hydrogens (tertiary/aromatic N) is 6. The van der Waals surface area contributed by atoms with Crippen LogP contribution in [0.5, 0.6) is 0 Å². The highest BCUT2D eigenvalue weighted by atomic mass is 19.4. The third-order valence-corrected chi connectivity index (χ3v) is 13.8. The van der Waals surface area contributed by atoms with E-state index in [0.29, 0.717) is 62.0 Å². The van der Waals surface area contributed by atoms with E-state index in [9.17, 15) is 64.5 Å². The summed E-state index contributed by atoms with van der Waals surface area (Å²) < 4.78 is 155. The fourth-order valence-electron chi connectivity index (χ4n) is 8.64. The average Bonchev–Trinajstić information content (AvgIpc) is 4.15. The van der Waals surface area contributed by atoms with Gasteiger partial charge in [-0.3, -0.25) is 19.9 Å². The second-order valence-electron chi connectivity index (χ2n) is 19.9. The van der Waals surface area contributed by atoms with Crippen LogP contribution in [0, 0.1) is 34.3 Å². The fraction of sp³-hybridized carbons (Fsp3) is 0.490. The molecule has 2 saturated heterocycles. The SMILES string of the molecule is COC(=O)N[C@H](C(=O)N[C@@H](Cc1ccc(C#Cc2ccc(N3CCN([C@@H]4CCOC4)CC3)nc2)cc1)[C@@H](O)CN(Cc1c(F)cc(-c2ccn(C(F)F)n2)cc1F)NC(=O)[C@@H](NC(=O)O)C(C)(C)C(F)(F)F)C(C)(C)C(F)(F)F. The van der Waals surface area contributed by atoms with Crippen molar-refractivity contribution >= 4 is 29.8 Å². The van der Waals surface area contributed by atoms with Crippen molar-refractivity contribution in [3.05, 3.63) is 101 Å². The number of hydrazine groups is 1. The van der Waals surface area contributed by atoms with Crippen LogP contribution >= 0.6 is 0 Å². The van der Waals surface area contributed by atoms with Gasteiger partial charge in [0.05, 0.1) is 42.4 Å². The molecule has 2 aromatic carbocycles. The van der Waals surface area contributed by atoms with Crippen molar-refractivity contribution in [1.29, 1.82) is 0 Å². The summed E-state index contributed by atoms with van der Waals surface area (Å²) in [4.78, 5) is 61.2. The maximum Gasteiger partial charge on any atom is 0.407 e. The number of pyridine rings is 1. The normalized spacial score (nSPS) is 17.1. The molecule has 0 unspecified atom stereocenters. The summed E-state index contributed by atoms with van der Waals surface area (Å²) in [6.45, 7) is 1.40. The highest BCUT2D eigenvalue weighted by Gasteiger charge is 2.57. The Balaban J connectivity index is 1.31. The molecular weight excluding hydrogens is 1070 g/mol. The van der Waals surface area contributed by atoms with E-state index < -0.39 is 115 Å². The standard InChI is InChI=1S/C51H58F10N10O8/c1-48(2,50(56,57)58)41(65-47(77)78-5)43(73)63-38(22-30-9-6-29(7-10-30)8-11-31-12-13-40(62-25-31)69-19-17-68(18-20-69)33-15-21-79-28-33)39(72)27-70(67-44(74)42(64-46(75)76)49(3,4)51(59,60)61)26-34-35(52)23-32(24-36(34)53)37-14-16-71(66-37)45(54)55/h6-7,9-10,12-14,16,23-25,33,38-39,41-42,45,64,72H,15,17-22,26-28H2,1-5H3,(H,63,73)(H,65,77)(H,67,74)(H,75,76)/t33-,38+,39+,41-,42-/m1/s1. The molecule has 4 aromatic rings. The number of carbonyl (C=O) groups excluding carboxylic acids is 3. The zero-order valence-electron chi connectivity index (χ0n) is 43.2. The van der Waals surface area contributed by atoms with Gasteiger partial charge in [0.2, 0.25) is 5.91 Å². The van der Waals surface area contributed by atoms with Crippen molar-refractivity contribution in [1.82, 2.24) is 46.0 Å². The molecule has 0 aliphatic carbocycles. The van der Waals surface area contributed by atoms with E-state index in [2.05, 4.69) is 41.8 Å². The summed E-state index contributed by atoms with van der Waals surface area (Å²) in [6, 6.07) is 5.38. The van der Waals surface area contributed by atoms with Crippen LogP contribution in [0.2, 0.25) is 0 Å². The Morgan fingerprint density at radius 1 is 0.835 bits per heavy atom. The van der Waals surface area contributed by atoms with Gasteiger partial charge in [0.1, 0.15) is 29.5 Å². The number of nitrogens with one attached hydrogen (secondary N) is 4. The molecule has 0 saturated carbocycles. The largest absolute Gasteiger partial charge is 0.465 e. The smallest absolute Gasteiger partial charge is 0.407 e. The minimum atomic E-state index is -5.28. The highest BCUT2D eigenvalue weighted by Crippen LogP contribution is 2.42. The topological polar surface area (TPSA) is 216 Å². The number of amides is 4. The first-order valence-corrected chi connectivity index (χ1v) is 24.5. The first kappa shape index (κ1) is 61.0. The molecule has 430 valence electrons. The Kier molecular flexibility index (Phi) is 19.5. The quantitative estimate of drug-likeness (QED) is 0.0342. The van der Waals surface area contributed by atoms with Crippen LogP contribution in [0.4, 0.5) is 59.3 Å². The maximum atomic E-state index is 16.0. The molecule has 2 fully saturated rings. The van der Waals surface area contributed by atoms with Crippen molar-refractivity contribution in [2.75, 3.05) is 57.9 Å². The van der Waals surface area contributed by atoms with Crippen molar-refractivity contribution in [2.45, 2.75) is 96.3 Å². The van der Waals surface area contributed by atoms with Gasteiger partial charge in [-0.15, -0.1) is 0 Å². The number of methoxy groups -OCH3 is 1. The van der Waals surface area contributed by atoms with Gasteiger partial charge in [-0.2, -0.15) is 40.2 Å². The minimum absolute atomic E-state index is 0.186. The maximum absolute atomic E-state index is 16.0. The molecule has 5 atom stereocenters. The molecular formula is C51H58F10N10O8. The molecule has 6 rings (SSSR count). The van der Waals surface area contributed by atoms with E-state index in [1.54, 1.807) is 12.3 Å².